The normalized spacial score (nSPS) is 20.7. The predicted molar refractivity (Wildman–Crippen MR) is 115 cm³/mol. The smallest absolute Gasteiger partial charge is 0.194 e. The summed E-state index contributed by atoms with van der Waals surface area (Å²) in [5.74, 6) is 0.988. The Hall–Kier alpha value is -1.12. The summed E-state index contributed by atoms with van der Waals surface area (Å²) in [5, 5.41) is 7.66. The standard InChI is InChI=1S/C19H34N4O2S2/c1-6-20-18(23-10-12-27(24,25)19(4,5)15-23)21-13-17(22(7-2)8-3)16-9-11-26-14-16/h9,11,14,17H,6-8,10,12-13,15H2,1-5H3,(H,20,21). The van der Waals surface area contributed by atoms with Gasteiger partial charge in [0.25, 0.3) is 0 Å². The number of nitrogens with one attached hydrogen (secondary N) is 1. The first-order chi connectivity index (χ1) is 12.8. The Morgan fingerprint density at radius 1 is 1.37 bits per heavy atom. The highest BCUT2D eigenvalue weighted by molar-refractivity contribution is 7.92. The van der Waals surface area contributed by atoms with Crippen molar-refractivity contribution in [2.24, 2.45) is 4.99 Å². The molecular formula is C19H34N4O2S2. The summed E-state index contributed by atoms with van der Waals surface area (Å²) >= 11 is 1.71. The van der Waals surface area contributed by atoms with Crippen molar-refractivity contribution in [3.05, 3.63) is 22.4 Å². The van der Waals surface area contributed by atoms with Crippen LogP contribution in [0.1, 0.15) is 46.2 Å². The van der Waals surface area contributed by atoms with Gasteiger partial charge in [-0.2, -0.15) is 11.3 Å². The van der Waals surface area contributed by atoms with Crippen molar-refractivity contribution in [2.45, 2.75) is 45.4 Å². The van der Waals surface area contributed by atoms with Crippen LogP contribution >= 0.6 is 11.3 Å². The van der Waals surface area contributed by atoms with Crippen molar-refractivity contribution in [1.29, 1.82) is 0 Å². The van der Waals surface area contributed by atoms with Gasteiger partial charge in [-0.05, 0) is 56.3 Å². The van der Waals surface area contributed by atoms with Gasteiger partial charge in [0.1, 0.15) is 0 Å². The molecule has 2 heterocycles. The molecule has 1 atom stereocenters. The number of hydrogen-bond acceptors (Lipinski definition) is 5. The molecule has 1 aromatic rings. The first-order valence-corrected chi connectivity index (χ1v) is 12.4. The number of guanidine groups is 1. The Morgan fingerprint density at radius 2 is 2.07 bits per heavy atom. The largest absolute Gasteiger partial charge is 0.357 e. The van der Waals surface area contributed by atoms with Gasteiger partial charge >= 0.3 is 0 Å². The fourth-order valence-corrected chi connectivity index (χ4v) is 5.56. The third-order valence-corrected chi connectivity index (χ3v) is 8.51. The molecule has 1 fully saturated rings. The molecule has 154 valence electrons. The van der Waals surface area contributed by atoms with E-state index in [1.165, 1.54) is 5.56 Å². The van der Waals surface area contributed by atoms with Gasteiger partial charge in [-0.25, -0.2) is 8.42 Å². The minimum atomic E-state index is -3.06. The molecule has 0 radical (unpaired) electrons. The summed E-state index contributed by atoms with van der Waals surface area (Å²) in [6, 6.07) is 2.41. The van der Waals surface area contributed by atoms with Crippen LogP contribution in [0.4, 0.5) is 0 Å². The van der Waals surface area contributed by atoms with Gasteiger partial charge < -0.3 is 10.2 Å². The molecule has 1 aliphatic heterocycles. The average molecular weight is 415 g/mol. The SMILES string of the molecule is CCNC(=NCC(c1ccsc1)N(CC)CC)N1CCS(=O)(=O)C(C)(C)C1. The highest BCUT2D eigenvalue weighted by Gasteiger charge is 2.41. The average Bonchev–Trinajstić information content (AvgIpc) is 3.14. The van der Waals surface area contributed by atoms with E-state index in [0.29, 0.717) is 19.6 Å². The summed E-state index contributed by atoms with van der Waals surface area (Å²) in [7, 11) is -3.06. The third kappa shape index (κ3) is 5.23. The van der Waals surface area contributed by atoms with Crippen LogP contribution < -0.4 is 5.32 Å². The van der Waals surface area contributed by atoms with Gasteiger partial charge in [-0.3, -0.25) is 9.89 Å². The van der Waals surface area contributed by atoms with E-state index >= 15 is 0 Å². The molecule has 6 nitrogen and oxygen atoms in total. The zero-order valence-corrected chi connectivity index (χ0v) is 18.9. The first kappa shape index (κ1) is 22.2. The van der Waals surface area contributed by atoms with Crippen molar-refractivity contribution in [2.75, 3.05) is 45.0 Å². The molecule has 1 N–H and O–H groups in total. The lowest BCUT2D eigenvalue weighted by Crippen LogP contribution is -2.57. The number of nitrogens with zero attached hydrogens (tertiary/aromatic N) is 3. The van der Waals surface area contributed by atoms with Crippen LogP contribution in [0.25, 0.3) is 0 Å². The van der Waals surface area contributed by atoms with E-state index in [2.05, 4.69) is 45.8 Å². The zero-order chi connectivity index (χ0) is 20.1. The van der Waals surface area contributed by atoms with Crippen LogP contribution in [0.5, 0.6) is 0 Å². The topological polar surface area (TPSA) is 65.0 Å². The van der Waals surface area contributed by atoms with E-state index in [1.54, 1.807) is 11.3 Å². The van der Waals surface area contributed by atoms with Crippen molar-refractivity contribution < 1.29 is 8.42 Å². The maximum atomic E-state index is 12.3. The molecule has 0 saturated carbocycles. The number of aliphatic imine (C=N–C) groups is 1. The lowest BCUT2D eigenvalue weighted by Gasteiger charge is -2.39. The number of rotatable bonds is 7. The second-order valence-corrected chi connectivity index (χ2v) is 11.0. The van der Waals surface area contributed by atoms with Crippen molar-refractivity contribution >= 4 is 27.1 Å². The molecule has 27 heavy (non-hydrogen) atoms. The van der Waals surface area contributed by atoms with Crippen molar-refractivity contribution in [3.63, 3.8) is 0 Å². The van der Waals surface area contributed by atoms with Gasteiger partial charge in [-0.1, -0.05) is 13.8 Å². The minimum Gasteiger partial charge on any atom is -0.357 e. The molecule has 8 heteroatoms. The minimum absolute atomic E-state index is 0.175. The molecular weight excluding hydrogens is 380 g/mol. The van der Waals surface area contributed by atoms with Crippen LogP contribution in [0.2, 0.25) is 0 Å². The summed E-state index contributed by atoms with van der Waals surface area (Å²) in [4.78, 5) is 9.43. The second-order valence-electron chi connectivity index (χ2n) is 7.49. The molecule has 0 aromatic carbocycles. The Morgan fingerprint density at radius 3 is 2.59 bits per heavy atom. The second kappa shape index (κ2) is 9.39. The fraction of sp³-hybridized carbons (Fsp3) is 0.737. The fourth-order valence-electron chi connectivity index (χ4n) is 3.48. The molecule has 1 saturated heterocycles. The van der Waals surface area contributed by atoms with Crippen LogP contribution in [-0.4, -0.2) is 73.9 Å². The van der Waals surface area contributed by atoms with Gasteiger partial charge in [0, 0.05) is 19.6 Å². The van der Waals surface area contributed by atoms with Crippen LogP contribution in [0.3, 0.4) is 0 Å². The predicted octanol–water partition coefficient (Wildman–Crippen LogP) is 2.61. The summed E-state index contributed by atoms with van der Waals surface area (Å²) in [5.41, 5.74) is 1.30. The number of hydrogen-bond donors (Lipinski definition) is 1. The first-order valence-electron chi connectivity index (χ1n) is 9.77. The lowest BCUT2D eigenvalue weighted by atomic mass is 10.1. The summed E-state index contributed by atoms with van der Waals surface area (Å²) in [6.07, 6.45) is 0. The molecule has 1 aliphatic rings. The Kier molecular flexibility index (Phi) is 7.71. The Bertz CT molecular complexity index is 710. The third-order valence-electron chi connectivity index (χ3n) is 5.27. The van der Waals surface area contributed by atoms with Gasteiger partial charge in [-0.15, -0.1) is 0 Å². The summed E-state index contributed by atoms with van der Waals surface area (Å²) < 4.78 is 23.9. The maximum absolute atomic E-state index is 12.3. The Labute approximate surface area is 168 Å². The quantitative estimate of drug-likeness (QED) is 0.549. The lowest BCUT2D eigenvalue weighted by molar-refractivity contribution is 0.224. The van der Waals surface area contributed by atoms with E-state index in [4.69, 9.17) is 4.99 Å². The van der Waals surface area contributed by atoms with E-state index < -0.39 is 14.6 Å². The van der Waals surface area contributed by atoms with E-state index in [-0.39, 0.29) is 11.8 Å². The molecule has 2 rings (SSSR count). The molecule has 0 amide bonds. The van der Waals surface area contributed by atoms with E-state index in [1.807, 2.05) is 20.8 Å². The van der Waals surface area contributed by atoms with Crippen LogP contribution in [0, 0.1) is 0 Å². The molecule has 0 bridgehead atoms. The highest BCUT2D eigenvalue weighted by Crippen LogP contribution is 2.25. The zero-order valence-electron chi connectivity index (χ0n) is 17.2. The van der Waals surface area contributed by atoms with E-state index in [0.717, 1.165) is 25.6 Å². The van der Waals surface area contributed by atoms with Crippen LogP contribution in [0.15, 0.2) is 21.8 Å². The van der Waals surface area contributed by atoms with Crippen molar-refractivity contribution in [1.82, 2.24) is 15.1 Å². The van der Waals surface area contributed by atoms with Gasteiger partial charge in [0.05, 0.1) is 23.1 Å². The maximum Gasteiger partial charge on any atom is 0.194 e. The molecule has 0 spiro atoms. The monoisotopic (exact) mass is 414 g/mol. The van der Waals surface area contributed by atoms with Crippen molar-refractivity contribution in [3.8, 4) is 0 Å². The van der Waals surface area contributed by atoms with Gasteiger partial charge in [0.15, 0.2) is 15.8 Å². The van der Waals surface area contributed by atoms with Gasteiger partial charge in [0.2, 0.25) is 0 Å². The van der Waals surface area contributed by atoms with E-state index in [9.17, 15) is 8.42 Å². The number of sulfone groups is 1. The van der Waals surface area contributed by atoms with Crippen LogP contribution in [-0.2, 0) is 9.84 Å². The Balaban J connectivity index is 2.23. The molecule has 1 aromatic heterocycles. The molecule has 1 unspecified atom stereocenters. The molecule has 0 aliphatic carbocycles. The summed E-state index contributed by atoms with van der Waals surface area (Å²) in [6.45, 7) is 14.3. The highest BCUT2D eigenvalue weighted by atomic mass is 32.2. The number of thiophene rings is 1. The number of likely N-dealkylation sites (N-methyl/N-ethyl adjacent to an activating group) is 1.